The molecule has 1 saturated heterocycles. The lowest BCUT2D eigenvalue weighted by Crippen LogP contribution is -2.38. The van der Waals surface area contributed by atoms with Gasteiger partial charge in [0.05, 0.1) is 13.0 Å². The van der Waals surface area contributed by atoms with Crippen LogP contribution in [0.15, 0.2) is 47.1 Å². The number of rotatable bonds is 5. The number of carbonyl (C=O) groups is 2. The second kappa shape index (κ2) is 7.86. The molecule has 0 N–H and O–H groups in total. The molecule has 1 aromatic heterocycles. The lowest BCUT2D eigenvalue weighted by atomic mass is 10.1. The molecular weight excluding hydrogens is 398 g/mol. The van der Waals surface area contributed by atoms with Gasteiger partial charge in [-0.2, -0.15) is 0 Å². The number of carbonyl (C=O) groups excluding carboxylic acids is 2. The van der Waals surface area contributed by atoms with E-state index >= 15 is 0 Å². The van der Waals surface area contributed by atoms with Crippen LogP contribution in [0, 0.1) is 5.92 Å². The van der Waals surface area contributed by atoms with Crippen molar-refractivity contribution in [1.82, 2.24) is 4.98 Å². The van der Waals surface area contributed by atoms with Gasteiger partial charge in [-0.25, -0.2) is 4.98 Å². The van der Waals surface area contributed by atoms with Gasteiger partial charge in [0.2, 0.25) is 11.8 Å². The third-order valence-corrected chi connectivity index (χ3v) is 4.90. The maximum Gasteiger partial charge on any atom is 0.233 e. The molecule has 0 spiro atoms. The highest BCUT2D eigenvalue weighted by atomic mass is 79.9. The molecule has 0 radical (unpaired) electrons. The van der Waals surface area contributed by atoms with E-state index in [-0.39, 0.29) is 24.2 Å². The summed E-state index contributed by atoms with van der Waals surface area (Å²) in [4.78, 5) is 33.0. The van der Waals surface area contributed by atoms with Crippen molar-refractivity contribution in [1.29, 1.82) is 0 Å². The van der Waals surface area contributed by atoms with Crippen molar-refractivity contribution < 1.29 is 14.3 Å². The maximum absolute atomic E-state index is 13.0. The summed E-state index contributed by atoms with van der Waals surface area (Å²) in [5.41, 5.74) is 0.774. The van der Waals surface area contributed by atoms with E-state index in [9.17, 15) is 9.59 Å². The fourth-order valence-electron chi connectivity index (χ4n) is 3.06. The SMILES string of the molecule is CCN(C(=O)C1CC(=O)N(c2ccc(OC)cc2)C1)c1ccc(Br)cn1. The summed E-state index contributed by atoms with van der Waals surface area (Å²) in [6.07, 6.45) is 1.87. The van der Waals surface area contributed by atoms with Gasteiger partial charge in [0.1, 0.15) is 11.6 Å². The number of nitrogens with zero attached hydrogens (tertiary/aromatic N) is 3. The van der Waals surface area contributed by atoms with Gasteiger partial charge in [-0.15, -0.1) is 0 Å². The van der Waals surface area contributed by atoms with Crippen LogP contribution in [0.25, 0.3) is 0 Å². The number of amides is 2. The molecule has 2 aromatic rings. The molecule has 1 fully saturated rings. The Bertz CT molecular complexity index is 793. The monoisotopic (exact) mass is 417 g/mol. The largest absolute Gasteiger partial charge is 0.497 e. The fraction of sp³-hybridized carbons (Fsp3) is 0.316. The Morgan fingerprint density at radius 3 is 2.62 bits per heavy atom. The van der Waals surface area contributed by atoms with Crippen LogP contribution < -0.4 is 14.5 Å². The van der Waals surface area contributed by atoms with E-state index < -0.39 is 0 Å². The smallest absolute Gasteiger partial charge is 0.233 e. The quantitative estimate of drug-likeness (QED) is 0.748. The van der Waals surface area contributed by atoms with E-state index in [0.29, 0.717) is 18.9 Å². The lowest BCUT2D eigenvalue weighted by molar-refractivity contribution is -0.124. The molecule has 0 saturated carbocycles. The van der Waals surface area contributed by atoms with Crippen LogP contribution in [0.5, 0.6) is 5.75 Å². The maximum atomic E-state index is 13.0. The van der Waals surface area contributed by atoms with Crippen molar-refractivity contribution in [2.24, 2.45) is 5.92 Å². The summed E-state index contributed by atoms with van der Waals surface area (Å²) in [6.45, 7) is 2.78. The number of methoxy groups -OCH3 is 1. The van der Waals surface area contributed by atoms with Gasteiger partial charge < -0.3 is 9.64 Å². The summed E-state index contributed by atoms with van der Waals surface area (Å²) in [7, 11) is 1.60. The zero-order valence-electron chi connectivity index (χ0n) is 14.7. The first-order valence-corrected chi connectivity index (χ1v) is 9.20. The molecule has 6 nitrogen and oxygen atoms in total. The number of anilines is 2. The van der Waals surface area contributed by atoms with Gasteiger partial charge in [0.15, 0.2) is 0 Å². The van der Waals surface area contributed by atoms with Crippen LogP contribution in [0.4, 0.5) is 11.5 Å². The van der Waals surface area contributed by atoms with E-state index in [0.717, 1.165) is 15.9 Å². The van der Waals surface area contributed by atoms with Crippen LogP contribution in [0.1, 0.15) is 13.3 Å². The Balaban J connectivity index is 1.75. The minimum absolute atomic E-state index is 0.0478. The van der Waals surface area contributed by atoms with Crippen LogP contribution in [-0.2, 0) is 9.59 Å². The fourth-order valence-corrected chi connectivity index (χ4v) is 3.30. The minimum Gasteiger partial charge on any atom is -0.497 e. The first kappa shape index (κ1) is 18.4. The predicted molar refractivity (Wildman–Crippen MR) is 103 cm³/mol. The highest BCUT2D eigenvalue weighted by molar-refractivity contribution is 9.10. The number of benzene rings is 1. The Hall–Kier alpha value is -2.41. The van der Waals surface area contributed by atoms with Crippen molar-refractivity contribution in [3.63, 3.8) is 0 Å². The minimum atomic E-state index is -0.380. The number of hydrogen-bond acceptors (Lipinski definition) is 4. The van der Waals surface area contributed by atoms with Gasteiger partial charge in [-0.05, 0) is 59.3 Å². The molecule has 1 unspecified atom stereocenters. The molecule has 3 rings (SSSR count). The zero-order chi connectivity index (χ0) is 18.7. The van der Waals surface area contributed by atoms with E-state index in [1.807, 2.05) is 37.3 Å². The molecule has 26 heavy (non-hydrogen) atoms. The van der Waals surface area contributed by atoms with Gasteiger partial charge in [0.25, 0.3) is 0 Å². The molecule has 0 bridgehead atoms. The third-order valence-electron chi connectivity index (χ3n) is 4.43. The molecule has 2 amide bonds. The van der Waals surface area contributed by atoms with Crippen LogP contribution in [0.3, 0.4) is 0 Å². The Labute approximate surface area is 160 Å². The van der Waals surface area contributed by atoms with Crippen LogP contribution >= 0.6 is 15.9 Å². The van der Waals surface area contributed by atoms with E-state index in [4.69, 9.17) is 4.74 Å². The van der Waals surface area contributed by atoms with Crippen molar-refractivity contribution in [3.05, 3.63) is 47.1 Å². The summed E-state index contributed by atoms with van der Waals surface area (Å²) in [5.74, 6) is 0.817. The van der Waals surface area contributed by atoms with Crippen LogP contribution in [0.2, 0.25) is 0 Å². The van der Waals surface area contributed by atoms with Gasteiger partial charge in [-0.1, -0.05) is 0 Å². The van der Waals surface area contributed by atoms with Gasteiger partial charge in [0, 0.05) is 35.9 Å². The highest BCUT2D eigenvalue weighted by Gasteiger charge is 2.37. The van der Waals surface area contributed by atoms with Gasteiger partial charge in [-0.3, -0.25) is 14.5 Å². The number of hydrogen-bond donors (Lipinski definition) is 0. The molecule has 1 aliphatic heterocycles. The summed E-state index contributed by atoms with van der Waals surface area (Å²) < 4.78 is 6.00. The second-order valence-electron chi connectivity index (χ2n) is 6.02. The average Bonchev–Trinajstić information content (AvgIpc) is 3.05. The molecule has 2 heterocycles. The Kier molecular flexibility index (Phi) is 5.56. The van der Waals surface area contributed by atoms with E-state index in [1.54, 1.807) is 29.2 Å². The highest BCUT2D eigenvalue weighted by Crippen LogP contribution is 2.29. The van der Waals surface area contributed by atoms with Crippen molar-refractivity contribution >= 4 is 39.2 Å². The predicted octanol–water partition coefficient (Wildman–Crippen LogP) is 3.26. The molecule has 1 aromatic carbocycles. The molecule has 7 heteroatoms. The number of ether oxygens (including phenoxy) is 1. The van der Waals surface area contributed by atoms with Crippen molar-refractivity contribution in [2.75, 3.05) is 30.0 Å². The standard InChI is InChI=1S/C19H20BrN3O3/c1-3-22(17-9-4-14(20)11-21-17)19(25)13-10-18(24)23(12-13)15-5-7-16(26-2)8-6-15/h4-9,11,13H,3,10,12H2,1-2H3. The normalized spacial score (nSPS) is 16.7. The van der Waals surface area contributed by atoms with Gasteiger partial charge >= 0.3 is 0 Å². The first-order valence-electron chi connectivity index (χ1n) is 8.40. The molecule has 136 valence electrons. The average molecular weight is 418 g/mol. The van der Waals surface area contributed by atoms with Crippen LogP contribution in [-0.4, -0.2) is 37.0 Å². The number of aromatic nitrogens is 1. The first-order chi connectivity index (χ1) is 12.5. The molecule has 1 aliphatic rings. The lowest BCUT2D eigenvalue weighted by Gasteiger charge is -2.23. The van der Waals surface area contributed by atoms with E-state index in [2.05, 4.69) is 20.9 Å². The Morgan fingerprint density at radius 2 is 2.04 bits per heavy atom. The third kappa shape index (κ3) is 3.72. The molecular formula is C19H20BrN3O3. The molecule has 0 aliphatic carbocycles. The second-order valence-corrected chi connectivity index (χ2v) is 6.94. The summed E-state index contributed by atoms with van der Waals surface area (Å²) in [5, 5.41) is 0. The van der Waals surface area contributed by atoms with E-state index in [1.165, 1.54) is 0 Å². The summed E-state index contributed by atoms with van der Waals surface area (Å²) >= 11 is 3.35. The zero-order valence-corrected chi connectivity index (χ0v) is 16.3. The number of halogens is 1. The van der Waals surface area contributed by atoms with Crippen molar-refractivity contribution in [3.8, 4) is 5.75 Å². The topological polar surface area (TPSA) is 62.7 Å². The van der Waals surface area contributed by atoms with Crippen molar-refractivity contribution in [2.45, 2.75) is 13.3 Å². The number of pyridine rings is 1. The molecule has 1 atom stereocenters. The Morgan fingerprint density at radius 1 is 1.31 bits per heavy atom. The summed E-state index contributed by atoms with van der Waals surface area (Å²) in [6, 6.07) is 10.9.